The second kappa shape index (κ2) is 5.65. The fraction of sp³-hybridized carbons (Fsp3) is 0.267. The van der Waals surface area contributed by atoms with Crippen molar-refractivity contribution in [3.05, 3.63) is 48.0 Å². The third-order valence-corrected chi connectivity index (χ3v) is 3.03. The molecule has 0 aromatic heterocycles. The second-order valence-corrected chi connectivity index (χ2v) is 4.40. The highest BCUT2D eigenvalue weighted by Crippen LogP contribution is 2.16. The molecule has 0 bridgehead atoms. The smallest absolute Gasteiger partial charge is 0.226 e. The van der Waals surface area contributed by atoms with Crippen molar-refractivity contribution in [1.82, 2.24) is 4.90 Å². The average molecular weight is 243 g/mol. The maximum absolute atomic E-state index is 11.9. The number of nitrogens with zero attached hydrogens (tertiary/aromatic N) is 1. The molecule has 1 amide bonds. The van der Waals surface area contributed by atoms with E-state index in [9.17, 15) is 4.79 Å². The van der Waals surface area contributed by atoms with Gasteiger partial charge in [0.25, 0.3) is 0 Å². The van der Waals surface area contributed by atoms with Crippen LogP contribution in [-0.2, 0) is 11.2 Å². The van der Waals surface area contributed by atoms with Gasteiger partial charge in [0.2, 0.25) is 5.91 Å². The van der Waals surface area contributed by atoms with Gasteiger partial charge in [0.15, 0.2) is 0 Å². The van der Waals surface area contributed by atoms with Crippen LogP contribution in [0, 0.1) is 0 Å². The second-order valence-electron chi connectivity index (χ2n) is 4.40. The maximum atomic E-state index is 11.9. The van der Waals surface area contributed by atoms with Crippen LogP contribution in [0.25, 0.3) is 10.8 Å². The Morgan fingerprint density at radius 2 is 1.89 bits per heavy atom. The molecule has 0 aliphatic rings. The van der Waals surface area contributed by atoms with Gasteiger partial charge >= 0.3 is 0 Å². The topological polar surface area (TPSA) is 40.5 Å². The summed E-state index contributed by atoms with van der Waals surface area (Å²) in [4.78, 5) is 13.4. The van der Waals surface area contributed by atoms with Gasteiger partial charge in [0.05, 0.1) is 13.0 Å². The van der Waals surface area contributed by atoms with Crippen LogP contribution in [0.2, 0.25) is 0 Å². The standard InChI is InChI=1S/C15H17NO2/c1-16(8-9-17)15(18)11-12-6-7-13-4-2-3-5-14(13)10-12/h2-7,10,17H,8-9,11H2,1H3. The molecule has 1 N–H and O–H groups in total. The zero-order valence-corrected chi connectivity index (χ0v) is 10.5. The lowest BCUT2D eigenvalue weighted by Gasteiger charge is -2.15. The van der Waals surface area contributed by atoms with Gasteiger partial charge < -0.3 is 10.0 Å². The molecule has 0 unspecified atom stereocenters. The van der Waals surface area contributed by atoms with Gasteiger partial charge in [-0.15, -0.1) is 0 Å². The number of aliphatic hydroxyl groups is 1. The van der Waals surface area contributed by atoms with Crippen LogP contribution in [0.4, 0.5) is 0 Å². The zero-order chi connectivity index (χ0) is 13.0. The summed E-state index contributed by atoms with van der Waals surface area (Å²) < 4.78 is 0. The number of benzene rings is 2. The summed E-state index contributed by atoms with van der Waals surface area (Å²) in [6, 6.07) is 14.1. The third kappa shape index (κ3) is 2.87. The molecule has 2 rings (SSSR count). The summed E-state index contributed by atoms with van der Waals surface area (Å²) in [7, 11) is 1.71. The summed E-state index contributed by atoms with van der Waals surface area (Å²) in [6.07, 6.45) is 0.376. The van der Waals surface area contributed by atoms with E-state index >= 15 is 0 Å². The average Bonchev–Trinajstić information content (AvgIpc) is 2.39. The number of fused-ring (bicyclic) bond motifs is 1. The highest BCUT2D eigenvalue weighted by Gasteiger charge is 2.09. The monoisotopic (exact) mass is 243 g/mol. The summed E-state index contributed by atoms with van der Waals surface area (Å²) in [5.74, 6) is 0.0272. The third-order valence-electron chi connectivity index (χ3n) is 3.03. The number of hydrogen-bond donors (Lipinski definition) is 1. The normalized spacial score (nSPS) is 10.6. The van der Waals surface area contributed by atoms with E-state index in [-0.39, 0.29) is 12.5 Å². The van der Waals surface area contributed by atoms with Gasteiger partial charge in [-0.3, -0.25) is 4.79 Å². The Labute approximate surface area is 107 Å². The molecule has 3 nitrogen and oxygen atoms in total. The van der Waals surface area contributed by atoms with Crippen molar-refractivity contribution in [1.29, 1.82) is 0 Å². The van der Waals surface area contributed by atoms with Crippen molar-refractivity contribution < 1.29 is 9.90 Å². The Morgan fingerprint density at radius 1 is 1.17 bits per heavy atom. The number of hydrogen-bond acceptors (Lipinski definition) is 2. The quantitative estimate of drug-likeness (QED) is 0.890. The summed E-state index contributed by atoms with van der Waals surface area (Å²) in [5.41, 5.74) is 1.00. The predicted molar refractivity (Wildman–Crippen MR) is 72.4 cm³/mol. The number of carbonyl (C=O) groups excluding carboxylic acids is 1. The Balaban J connectivity index is 2.14. The molecule has 3 heteroatoms. The molecule has 0 radical (unpaired) electrons. The molecule has 0 saturated heterocycles. The van der Waals surface area contributed by atoms with Crippen molar-refractivity contribution in [2.45, 2.75) is 6.42 Å². The van der Waals surface area contributed by atoms with E-state index in [1.54, 1.807) is 11.9 Å². The van der Waals surface area contributed by atoms with Crippen molar-refractivity contribution >= 4 is 16.7 Å². The fourth-order valence-corrected chi connectivity index (χ4v) is 1.93. The van der Waals surface area contributed by atoms with Gasteiger partial charge in [-0.25, -0.2) is 0 Å². The van der Waals surface area contributed by atoms with Crippen LogP contribution >= 0.6 is 0 Å². The SMILES string of the molecule is CN(CCO)C(=O)Cc1ccc2ccccc2c1. The Bertz CT molecular complexity index is 551. The van der Waals surface area contributed by atoms with Crippen LogP contribution in [0.3, 0.4) is 0 Å². The molecule has 2 aromatic carbocycles. The Morgan fingerprint density at radius 3 is 2.61 bits per heavy atom. The lowest BCUT2D eigenvalue weighted by molar-refractivity contribution is -0.129. The highest BCUT2D eigenvalue weighted by atomic mass is 16.3. The molecule has 2 aromatic rings. The van der Waals surface area contributed by atoms with E-state index < -0.39 is 0 Å². The minimum atomic E-state index is -0.0000394. The van der Waals surface area contributed by atoms with Gasteiger partial charge in [-0.05, 0) is 16.3 Å². The van der Waals surface area contributed by atoms with Gasteiger partial charge in [-0.1, -0.05) is 42.5 Å². The first-order valence-electron chi connectivity index (χ1n) is 6.03. The molecule has 0 atom stereocenters. The molecular formula is C15H17NO2. The molecule has 0 spiro atoms. The molecule has 0 aliphatic heterocycles. The van der Waals surface area contributed by atoms with Crippen LogP contribution in [0.15, 0.2) is 42.5 Å². The Hall–Kier alpha value is -1.87. The van der Waals surface area contributed by atoms with Crippen molar-refractivity contribution in [2.24, 2.45) is 0 Å². The maximum Gasteiger partial charge on any atom is 0.226 e. The molecule has 94 valence electrons. The van der Waals surface area contributed by atoms with Crippen LogP contribution in [0.5, 0.6) is 0 Å². The first kappa shape index (κ1) is 12.6. The number of rotatable bonds is 4. The minimum absolute atomic E-state index is 0.0000394. The first-order valence-corrected chi connectivity index (χ1v) is 6.03. The lowest BCUT2D eigenvalue weighted by atomic mass is 10.0. The highest BCUT2D eigenvalue weighted by molar-refractivity contribution is 5.85. The van der Waals surface area contributed by atoms with Crippen molar-refractivity contribution in [3.8, 4) is 0 Å². The number of carbonyl (C=O) groups is 1. The van der Waals surface area contributed by atoms with Crippen LogP contribution < -0.4 is 0 Å². The number of likely N-dealkylation sites (N-methyl/N-ethyl adjacent to an activating group) is 1. The molecular weight excluding hydrogens is 226 g/mol. The van der Waals surface area contributed by atoms with E-state index in [1.165, 1.54) is 5.39 Å². The van der Waals surface area contributed by atoms with E-state index in [1.807, 2.05) is 36.4 Å². The van der Waals surface area contributed by atoms with E-state index in [4.69, 9.17) is 5.11 Å². The predicted octanol–water partition coefficient (Wildman–Crippen LogP) is 1.83. The van der Waals surface area contributed by atoms with E-state index in [0.29, 0.717) is 13.0 Å². The van der Waals surface area contributed by atoms with E-state index in [0.717, 1.165) is 10.9 Å². The van der Waals surface area contributed by atoms with Crippen LogP contribution in [0.1, 0.15) is 5.56 Å². The summed E-state index contributed by atoms with van der Waals surface area (Å²) in [6.45, 7) is 0.381. The van der Waals surface area contributed by atoms with Gasteiger partial charge in [0, 0.05) is 13.6 Å². The zero-order valence-electron chi connectivity index (χ0n) is 10.5. The molecule has 0 heterocycles. The summed E-state index contributed by atoms with van der Waals surface area (Å²) >= 11 is 0. The van der Waals surface area contributed by atoms with Crippen LogP contribution in [-0.4, -0.2) is 36.1 Å². The minimum Gasteiger partial charge on any atom is -0.395 e. The molecule has 0 fully saturated rings. The van der Waals surface area contributed by atoms with E-state index in [2.05, 4.69) is 6.07 Å². The number of amides is 1. The lowest BCUT2D eigenvalue weighted by Crippen LogP contribution is -2.30. The van der Waals surface area contributed by atoms with Gasteiger partial charge in [-0.2, -0.15) is 0 Å². The molecule has 0 saturated carbocycles. The summed E-state index contributed by atoms with van der Waals surface area (Å²) in [5, 5.41) is 11.1. The largest absolute Gasteiger partial charge is 0.395 e. The molecule has 18 heavy (non-hydrogen) atoms. The Kier molecular flexibility index (Phi) is 3.95. The fourth-order valence-electron chi connectivity index (χ4n) is 1.93. The van der Waals surface area contributed by atoms with Crippen molar-refractivity contribution in [3.63, 3.8) is 0 Å². The molecule has 0 aliphatic carbocycles. The van der Waals surface area contributed by atoms with Crippen molar-refractivity contribution in [2.75, 3.05) is 20.2 Å². The first-order chi connectivity index (χ1) is 8.70. The van der Waals surface area contributed by atoms with Gasteiger partial charge in [0.1, 0.15) is 0 Å². The number of aliphatic hydroxyl groups excluding tert-OH is 1.